The molecule has 0 atom stereocenters. The number of para-hydroxylation sites is 1. The van der Waals surface area contributed by atoms with Gasteiger partial charge in [-0.1, -0.05) is 12.1 Å². The van der Waals surface area contributed by atoms with Gasteiger partial charge in [0.05, 0.1) is 0 Å². The summed E-state index contributed by atoms with van der Waals surface area (Å²) in [5, 5.41) is 0. The summed E-state index contributed by atoms with van der Waals surface area (Å²) in [5.74, 6) is 0.0365. The average Bonchev–Trinajstić information content (AvgIpc) is 2.34. The lowest BCUT2D eigenvalue weighted by Crippen LogP contribution is -2.41. The lowest BCUT2D eigenvalue weighted by atomic mass is 10.1. The van der Waals surface area contributed by atoms with Crippen molar-refractivity contribution in [3.05, 3.63) is 30.1 Å². The molecule has 0 bridgehead atoms. The molecule has 0 amide bonds. The van der Waals surface area contributed by atoms with Gasteiger partial charge in [0.2, 0.25) is 0 Å². The van der Waals surface area contributed by atoms with Crippen LogP contribution in [0.4, 0.5) is 4.39 Å². The Kier molecular flexibility index (Phi) is 6.39. The molecule has 0 aromatic heterocycles. The standard InChI is InChI=1S/C13H19FN2O.ClH/c14-12-3-1-2-4-13(12)17-10-9-16-7-5-11(15)6-8-16;/h1-4,11H,5-10,15H2;1H. The predicted molar refractivity (Wildman–Crippen MR) is 72.8 cm³/mol. The van der Waals surface area contributed by atoms with Gasteiger partial charge in [0.25, 0.3) is 0 Å². The van der Waals surface area contributed by atoms with Gasteiger partial charge in [-0.2, -0.15) is 0 Å². The van der Waals surface area contributed by atoms with E-state index in [0.29, 0.717) is 18.4 Å². The lowest BCUT2D eigenvalue weighted by Gasteiger charge is -2.29. The lowest BCUT2D eigenvalue weighted by molar-refractivity contribution is 0.171. The van der Waals surface area contributed by atoms with Crippen molar-refractivity contribution in [1.29, 1.82) is 0 Å². The molecular formula is C13H20ClFN2O. The summed E-state index contributed by atoms with van der Waals surface area (Å²) in [5.41, 5.74) is 5.83. The molecular weight excluding hydrogens is 255 g/mol. The highest BCUT2D eigenvalue weighted by molar-refractivity contribution is 5.85. The molecule has 2 N–H and O–H groups in total. The highest BCUT2D eigenvalue weighted by Crippen LogP contribution is 2.15. The third-order valence-corrected chi connectivity index (χ3v) is 3.13. The van der Waals surface area contributed by atoms with Gasteiger partial charge < -0.3 is 10.5 Å². The Labute approximate surface area is 114 Å². The molecule has 1 saturated heterocycles. The van der Waals surface area contributed by atoms with Gasteiger partial charge in [0, 0.05) is 12.6 Å². The smallest absolute Gasteiger partial charge is 0.165 e. The number of rotatable bonds is 4. The summed E-state index contributed by atoms with van der Waals surface area (Å²) in [6, 6.07) is 6.85. The fourth-order valence-electron chi connectivity index (χ4n) is 2.02. The number of halogens is 2. The van der Waals surface area contributed by atoms with Crippen LogP contribution in [0.3, 0.4) is 0 Å². The Morgan fingerprint density at radius 3 is 2.61 bits per heavy atom. The molecule has 1 aromatic carbocycles. The zero-order chi connectivity index (χ0) is 12.1. The molecule has 0 unspecified atom stereocenters. The molecule has 5 heteroatoms. The maximum atomic E-state index is 13.3. The van der Waals surface area contributed by atoms with Crippen LogP contribution in [0.15, 0.2) is 24.3 Å². The number of nitrogens with two attached hydrogens (primary N) is 1. The van der Waals surface area contributed by atoms with E-state index in [2.05, 4.69) is 4.90 Å². The minimum Gasteiger partial charge on any atom is -0.489 e. The van der Waals surface area contributed by atoms with Crippen LogP contribution in [0.2, 0.25) is 0 Å². The number of likely N-dealkylation sites (tertiary alicyclic amines) is 1. The van der Waals surface area contributed by atoms with Gasteiger partial charge in [-0.3, -0.25) is 4.90 Å². The topological polar surface area (TPSA) is 38.5 Å². The third kappa shape index (κ3) is 4.44. The van der Waals surface area contributed by atoms with Crippen molar-refractivity contribution in [2.75, 3.05) is 26.2 Å². The van der Waals surface area contributed by atoms with Crippen LogP contribution in [0.1, 0.15) is 12.8 Å². The van der Waals surface area contributed by atoms with Crippen molar-refractivity contribution < 1.29 is 9.13 Å². The van der Waals surface area contributed by atoms with E-state index in [1.54, 1.807) is 18.2 Å². The van der Waals surface area contributed by atoms with E-state index in [-0.39, 0.29) is 18.2 Å². The second kappa shape index (κ2) is 7.56. The van der Waals surface area contributed by atoms with E-state index in [1.807, 2.05) is 0 Å². The van der Waals surface area contributed by atoms with Crippen LogP contribution in [0.25, 0.3) is 0 Å². The summed E-state index contributed by atoms with van der Waals surface area (Å²) >= 11 is 0. The molecule has 3 nitrogen and oxygen atoms in total. The molecule has 0 radical (unpaired) electrons. The first kappa shape index (κ1) is 15.2. The van der Waals surface area contributed by atoms with E-state index < -0.39 is 0 Å². The molecule has 0 spiro atoms. The number of benzene rings is 1. The van der Waals surface area contributed by atoms with E-state index in [0.717, 1.165) is 32.5 Å². The molecule has 1 aliphatic heterocycles. The normalized spacial score (nSPS) is 17.2. The number of piperidine rings is 1. The largest absolute Gasteiger partial charge is 0.489 e. The van der Waals surface area contributed by atoms with Crippen molar-refractivity contribution in [2.45, 2.75) is 18.9 Å². The van der Waals surface area contributed by atoms with Crippen molar-refractivity contribution >= 4 is 12.4 Å². The predicted octanol–water partition coefficient (Wildman–Crippen LogP) is 2.05. The number of ether oxygens (including phenoxy) is 1. The van der Waals surface area contributed by atoms with Gasteiger partial charge in [0.1, 0.15) is 6.61 Å². The average molecular weight is 275 g/mol. The van der Waals surface area contributed by atoms with Crippen LogP contribution in [-0.2, 0) is 0 Å². The molecule has 1 fully saturated rings. The van der Waals surface area contributed by atoms with E-state index in [9.17, 15) is 4.39 Å². The van der Waals surface area contributed by atoms with Crippen molar-refractivity contribution in [1.82, 2.24) is 4.90 Å². The molecule has 0 saturated carbocycles. The molecule has 102 valence electrons. The summed E-state index contributed by atoms with van der Waals surface area (Å²) < 4.78 is 18.7. The Morgan fingerprint density at radius 1 is 1.28 bits per heavy atom. The number of hydrogen-bond donors (Lipinski definition) is 1. The Morgan fingerprint density at radius 2 is 1.94 bits per heavy atom. The second-order valence-corrected chi connectivity index (χ2v) is 4.46. The monoisotopic (exact) mass is 274 g/mol. The quantitative estimate of drug-likeness (QED) is 0.913. The van der Waals surface area contributed by atoms with E-state index in [4.69, 9.17) is 10.5 Å². The maximum Gasteiger partial charge on any atom is 0.165 e. The highest BCUT2D eigenvalue weighted by atomic mass is 35.5. The minimum atomic E-state index is -0.298. The van der Waals surface area contributed by atoms with Crippen LogP contribution in [0, 0.1) is 5.82 Å². The fraction of sp³-hybridized carbons (Fsp3) is 0.538. The first-order valence-electron chi connectivity index (χ1n) is 6.11. The molecule has 2 rings (SSSR count). The first-order chi connectivity index (χ1) is 8.25. The number of nitrogens with zero attached hydrogens (tertiary/aromatic N) is 1. The van der Waals surface area contributed by atoms with Crippen LogP contribution in [0.5, 0.6) is 5.75 Å². The molecule has 18 heavy (non-hydrogen) atoms. The minimum absolute atomic E-state index is 0. The van der Waals surface area contributed by atoms with Gasteiger partial charge in [-0.25, -0.2) is 4.39 Å². The van der Waals surface area contributed by atoms with Crippen molar-refractivity contribution in [2.24, 2.45) is 5.73 Å². The SMILES string of the molecule is Cl.NC1CCN(CCOc2ccccc2F)CC1. The van der Waals surface area contributed by atoms with Crippen LogP contribution < -0.4 is 10.5 Å². The Bertz CT molecular complexity index is 357. The maximum absolute atomic E-state index is 13.3. The summed E-state index contributed by atoms with van der Waals surface area (Å²) in [6.45, 7) is 3.39. The van der Waals surface area contributed by atoms with E-state index >= 15 is 0 Å². The first-order valence-corrected chi connectivity index (χ1v) is 6.11. The van der Waals surface area contributed by atoms with Gasteiger partial charge in [0.15, 0.2) is 11.6 Å². The fourth-order valence-corrected chi connectivity index (χ4v) is 2.02. The molecule has 1 aliphatic rings. The summed E-state index contributed by atoms with van der Waals surface area (Å²) in [6.07, 6.45) is 2.08. The highest BCUT2D eigenvalue weighted by Gasteiger charge is 2.15. The molecule has 1 heterocycles. The second-order valence-electron chi connectivity index (χ2n) is 4.46. The Balaban J connectivity index is 0.00000162. The van der Waals surface area contributed by atoms with Crippen LogP contribution in [-0.4, -0.2) is 37.2 Å². The van der Waals surface area contributed by atoms with Gasteiger partial charge in [-0.15, -0.1) is 12.4 Å². The zero-order valence-corrected chi connectivity index (χ0v) is 11.2. The van der Waals surface area contributed by atoms with Gasteiger partial charge >= 0.3 is 0 Å². The van der Waals surface area contributed by atoms with Crippen molar-refractivity contribution in [3.63, 3.8) is 0 Å². The summed E-state index contributed by atoms with van der Waals surface area (Å²) in [7, 11) is 0. The van der Waals surface area contributed by atoms with Gasteiger partial charge in [-0.05, 0) is 38.1 Å². The number of hydrogen-bond acceptors (Lipinski definition) is 3. The summed E-state index contributed by atoms with van der Waals surface area (Å²) in [4.78, 5) is 2.31. The third-order valence-electron chi connectivity index (χ3n) is 3.13. The van der Waals surface area contributed by atoms with Crippen molar-refractivity contribution in [3.8, 4) is 5.75 Å². The molecule has 0 aliphatic carbocycles. The zero-order valence-electron chi connectivity index (χ0n) is 10.3. The van der Waals surface area contributed by atoms with E-state index in [1.165, 1.54) is 6.07 Å². The Hall–Kier alpha value is -0.840. The van der Waals surface area contributed by atoms with Crippen LogP contribution >= 0.6 is 12.4 Å². The molecule has 1 aromatic rings.